The summed E-state index contributed by atoms with van der Waals surface area (Å²) in [4.78, 5) is 70.5. The number of nitrogens with zero attached hydrogens (tertiary/aromatic N) is 2. The molecule has 14 nitrogen and oxygen atoms in total. The fourth-order valence-corrected chi connectivity index (χ4v) is 5.03. The molecular formula is C30H34N2Na2O12-2. The number of carbonyl (C=O) groups is 4. The largest absolute Gasteiger partial charge is 1.00 e. The number of carboxylic acids is 2. The first-order valence-corrected chi connectivity index (χ1v) is 13.2. The van der Waals surface area contributed by atoms with Gasteiger partial charge in [0.1, 0.15) is 13.2 Å². The molecule has 4 N–H and O–H groups in total. The van der Waals surface area contributed by atoms with E-state index in [2.05, 4.69) is 0 Å². The van der Waals surface area contributed by atoms with Gasteiger partial charge in [0.15, 0.2) is 5.54 Å². The van der Waals surface area contributed by atoms with Crippen LogP contribution in [0.4, 0.5) is 9.59 Å². The summed E-state index contributed by atoms with van der Waals surface area (Å²) in [6, 6.07) is 18.2. The van der Waals surface area contributed by atoms with Crippen LogP contribution < -0.4 is 59.1 Å². The van der Waals surface area contributed by atoms with Gasteiger partial charge in [0.25, 0.3) is 0 Å². The standard InChI is InChI=1S/C15H17NO6.C15H15NO4.2Na.2H2O/c1-10-8-16(15(10,13(19)20)7-12(17)18)14(21)22-9-11-5-3-2-4-6-11;1-12-9-16(15(12,11-18)7-8-17)14(19)20-10-13-5-3-2-4-6-13;;;;/h2-6,10H,7-9H2,1H3,(H,17,18)(H,19,20);2-6,12H,7,9-10H2,1H3;;;2*1H2/q;-2;2*+1;;/p-2/t10-,15+;12-,15-;;;;/m00..../s1. The molecule has 0 unspecified atom stereocenters. The molecule has 0 radical (unpaired) electrons. The van der Waals surface area contributed by atoms with Gasteiger partial charge >= 0.3 is 83.2 Å². The first-order valence-electron chi connectivity index (χ1n) is 13.2. The summed E-state index contributed by atoms with van der Waals surface area (Å²) in [5.41, 5.74) is -1.32. The van der Waals surface area contributed by atoms with Crippen LogP contribution in [0.15, 0.2) is 60.7 Å². The van der Waals surface area contributed by atoms with Crippen LogP contribution in [0.2, 0.25) is 0 Å². The molecule has 46 heavy (non-hydrogen) atoms. The van der Waals surface area contributed by atoms with E-state index in [1.165, 1.54) is 4.90 Å². The molecule has 0 aliphatic carbocycles. The van der Waals surface area contributed by atoms with Gasteiger partial charge < -0.3 is 45.1 Å². The van der Waals surface area contributed by atoms with E-state index in [0.717, 1.165) is 16.0 Å². The maximum Gasteiger partial charge on any atom is 1.00 e. The molecule has 16 heteroatoms. The number of carbonyl (C=O) groups excluding carboxylic acids is 4. The number of aliphatic carboxylic acids is 2. The second-order valence-electron chi connectivity index (χ2n) is 10.3. The molecule has 0 spiro atoms. The molecule has 2 saturated heterocycles. The summed E-state index contributed by atoms with van der Waals surface area (Å²) in [7, 11) is 0. The van der Waals surface area contributed by atoms with Crippen molar-refractivity contribution in [3.63, 3.8) is 0 Å². The van der Waals surface area contributed by atoms with Crippen LogP contribution in [0.5, 0.6) is 0 Å². The predicted octanol–water partition coefficient (Wildman–Crippen LogP) is -3.15. The van der Waals surface area contributed by atoms with Crippen molar-refractivity contribution in [2.45, 2.75) is 51.0 Å². The number of hydrogen-bond acceptors (Lipinski definition) is 10. The molecule has 0 aromatic heterocycles. The van der Waals surface area contributed by atoms with Crippen molar-refractivity contribution in [1.82, 2.24) is 9.80 Å². The number of hydrogen-bond donors (Lipinski definition) is 2. The molecule has 2 heterocycles. The summed E-state index contributed by atoms with van der Waals surface area (Å²) in [6.45, 7) is 4.08. The third kappa shape index (κ3) is 10.1. The fourth-order valence-electron chi connectivity index (χ4n) is 5.03. The number of carboxylic acid groups (broad SMARTS) is 2. The van der Waals surface area contributed by atoms with Crippen LogP contribution in [0.3, 0.4) is 0 Å². The van der Waals surface area contributed by atoms with Gasteiger partial charge in [-0.3, -0.25) is 16.0 Å². The van der Waals surface area contributed by atoms with Gasteiger partial charge in [-0.15, -0.1) is 0 Å². The van der Waals surface area contributed by atoms with Crippen LogP contribution in [-0.4, -0.2) is 91.8 Å². The third-order valence-corrected chi connectivity index (χ3v) is 7.67. The van der Waals surface area contributed by atoms with Crippen molar-refractivity contribution < 1.29 is 119 Å². The van der Waals surface area contributed by atoms with E-state index in [4.69, 9.17) is 14.6 Å². The molecule has 0 bridgehead atoms. The number of amides is 2. The SMILES string of the molecule is C[C@H]1CN(C(=O)OCc2ccccc2)[C@@]1(CC(=O)O)C(=O)O.C[C@H]1CN(C(=O)OCc2ccccc2)[C@]1([C-]=O)C[C-]=O.[Na+].[Na+].[OH-].[OH-]. The molecule has 2 aromatic rings. The first kappa shape index (κ1) is 45.3. The van der Waals surface area contributed by atoms with Crippen LogP contribution in [0, 0.1) is 11.8 Å². The molecule has 4 atom stereocenters. The Morgan fingerprint density at radius 2 is 1.22 bits per heavy atom. The first-order chi connectivity index (χ1) is 20.0. The molecule has 0 saturated carbocycles. The number of benzene rings is 2. The van der Waals surface area contributed by atoms with Gasteiger partial charge in [-0.05, 0) is 17.0 Å². The summed E-state index contributed by atoms with van der Waals surface area (Å²) >= 11 is 0. The van der Waals surface area contributed by atoms with Crippen LogP contribution in [0.25, 0.3) is 0 Å². The van der Waals surface area contributed by atoms with Crippen molar-refractivity contribution in [3.05, 3.63) is 71.8 Å². The minimum absolute atomic E-state index is 0. The van der Waals surface area contributed by atoms with Crippen LogP contribution >= 0.6 is 0 Å². The van der Waals surface area contributed by atoms with E-state index in [1.807, 2.05) is 42.7 Å². The smallest absolute Gasteiger partial charge is 0.870 e. The second-order valence-corrected chi connectivity index (χ2v) is 10.3. The molecule has 2 fully saturated rings. The zero-order valence-electron chi connectivity index (χ0n) is 26.1. The van der Waals surface area contributed by atoms with E-state index >= 15 is 0 Å². The summed E-state index contributed by atoms with van der Waals surface area (Å²) in [6.07, 6.45) is 1.26. The van der Waals surface area contributed by atoms with Crippen LogP contribution in [-0.2, 0) is 41.9 Å². The van der Waals surface area contributed by atoms with E-state index in [0.29, 0.717) is 6.54 Å². The topological polar surface area (TPSA) is 228 Å². The minimum atomic E-state index is -1.74. The van der Waals surface area contributed by atoms with Gasteiger partial charge in [0, 0.05) is 19.0 Å². The molecule has 2 amide bonds. The Kier molecular flexibility index (Phi) is 20.1. The molecule has 2 aliphatic rings. The van der Waals surface area contributed by atoms with Crippen molar-refractivity contribution >= 4 is 36.7 Å². The monoisotopic (exact) mass is 660 g/mol. The Labute approximate surface area is 310 Å². The zero-order valence-corrected chi connectivity index (χ0v) is 30.1. The third-order valence-electron chi connectivity index (χ3n) is 7.67. The number of likely N-dealkylation sites (tertiary alicyclic amines) is 2. The van der Waals surface area contributed by atoms with E-state index < -0.39 is 47.5 Å². The summed E-state index contributed by atoms with van der Waals surface area (Å²) in [5.74, 6) is -3.17. The van der Waals surface area contributed by atoms with Gasteiger partial charge in [-0.25, -0.2) is 20.7 Å². The van der Waals surface area contributed by atoms with E-state index in [-0.39, 0.29) is 102 Å². The molecular weight excluding hydrogens is 626 g/mol. The maximum absolute atomic E-state index is 12.1. The fraction of sp³-hybridized carbons (Fsp3) is 0.400. The summed E-state index contributed by atoms with van der Waals surface area (Å²) < 4.78 is 10.3. The normalized spacial score (nSPS) is 22.0. The van der Waals surface area contributed by atoms with Gasteiger partial charge in [-0.1, -0.05) is 80.1 Å². The quantitative estimate of drug-likeness (QED) is 0.190. The van der Waals surface area contributed by atoms with Gasteiger partial charge in [-0.2, -0.15) is 6.42 Å². The Balaban J connectivity index is 0. The molecule has 4 rings (SSSR count). The van der Waals surface area contributed by atoms with Crippen molar-refractivity contribution in [2.75, 3.05) is 13.1 Å². The number of rotatable bonds is 10. The zero-order chi connectivity index (χ0) is 30.9. The molecule has 2 aliphatic heterocycles. The van der Waals surface area contributed by atoms with Gasteiger partial charge in [0.05, 0.1) is 6.42 Å². The average molecular weight is 661 g/mol. The van der Waals surface area contributed by atoms with Crippen molar-refractivity contribution in [2.24, 2.45) is 11.8 Å². The average Bonchev–Trinajstić information content (AvgIpc) is 2.98. The van der Waals surface area contributed by atoms with Gasteiger partial charge in [0.2, 0.25) is 0 Å². The maximum atomic E-state index is 12.1. The van der Waals surface area contributed by atoms with E-state index in [1.54, 1.807) is 44.4 Å². The minimum Gasteiger partial charge on any atom is -0.870 e. The van der Waals surface area contributed by atoms with Crippen molar-refractivity contribution in [3.8, 4) is 0 Å². The molecule has 240 valence electrons. The Hall–Kier alpha value is -2.82. The second kappa shape index (κ2) is 20.4. The Bertz CT molecular complexity index is 1300. The molecule has 2 aromatic carbocycles. The number of ether oxygens (including phenoxy) is 2. The summed E-state index contributed by atoms with van der Waals surface area (Å²) in [5, 5.41) is 18.3. The van der Waals surface area contributed by atoms with Crippen LogP contribution in [0.1, 0.15) is 37.8 Å². The van der Waals surface area contributed by atoms with Crippen molar-refractivity contribution in [1.29, 1.82) is 0 Å². The predicted molar refractivity (Wildman–Crippen MR) is 150 cm³/mol. The van der Waals surface area contributed by atoms with E-state index in [9.17, 15) is 33.9 Å². The Morgan fingerprint density at radius 3 is 1.57 bits per heavy atom. The Morgan fingerprint density at radius 1 is 0.783 bits per heavy atom.